The standard InChI is InChI=1S/C17H21NO3/c1-2-17(16(20)21)10-12-18(13-11-17)15(19)9-8-14-6-4-3-5-7-14/h3-9H,2,10-13H2,1H3,(H,20,21). The molecule has 2 rings (SSSR count). The van der Waals surface area contributed by atoms with Gasteiger partial charge in [0.25, 0.3) is 0 Å². The molecule has 1 amide bonds. The van der Waals surface area contributed by atoms with Gasteiger partial charge in [-0.1, -0.05) is 37.3 Å². The summed E-state index contributed by atoms with van der Waals surface area (Å²) in [6.45, 7) is 2.93. The molecule has 4 nitrogen and oxygen atoms in total. The molecule has 4 heteroatoms. The van der Waals surface area contributed by atoms with Gasteiger partial charge in [0.2, 0.25) is 5.91 Å². The summed E-state index contributed by atoms with van der Waals surface area (Å²) < 4.78 is 0. The maximum Gasteiger partial charge on any atom is 0.309 e. The van der Waals surface area contributed by atoms with E-state index in [1.807, 2.05) is 37.3 Å². The highest BCUT2D eigenvalue weighted by Crippen LogP contribution is 2.35. The van der Waals surface area contributed by atoms with Crippen molar-refractivity contribution in [2.45, 2.75) is 26.2 Å². The molecule has 1 aliphatic heterocycles. The summed E-state index contributed by atoms with van der Waals surface area (Å²) in [5.74, 6) is -0.786. The lowest BCUT2D eigenvalue weighted by Crippen LogP contribution is -2.45. The highest BCUT2D eigenvalue weighted by molar-refractivity contribution is 5.92. The number of aliphatic carboxylic acids is 1. The van der Waals surface area contributed by atoms with E-state index >= 15 is 0 Å². The zero-order chi connectivity index (χ0) is 15.3. The summed E-state index contributed by atoms with van der Waals surface area (Å²) in [6, 6.07) is 9.65. The minimum Gasteiger partial charge on any atom is -0.481 e. The largest absolute Gasteiger partial charge is 0.481 e. The van der Waals surface area contributed by atoms with Crippen molar-refractivity contribution in [3.8, 4) is 0 Å². The number of benzene rings is 1. The molecule has 0 saturated carbocycles. The fourth-order valence-electron chi connectivity index (χ4n) is 2.71. The summed E-state index contributed by atoms with van der Waals surface area (Å²) >= 11 is 0. The first-order valence-corrected chi connectivity index (χ1v) is 7.33. The van der Waals surface area contributed by atoms with E-state index in [1.54, 1.807) is 17.1 Å². The van der Waals surface area contributed by atoms with Crippen LogP contribution in [0.3, 0.4) is 0 Å². The maximum atomic E-state index is 12.1. The first-order chi connectivity index (χ1) is 10.1. The highest BCUT2D eigenvalue weighted by Gasteiger charge is 2.40. The molecule has 0 spiro atoms. The Bertz CT molecular complexity index is 528. The SMILES string of the molecule is CCC1(C(=O)O)CCN(C(=O)C=Cc2ccccc2)CC1. The molecular weight excluding hydrogens is 266 g/mol. The zero-order valence-electron chi connectivity index (χ0n) is 12.3. The Balaban J connectivity index is 1.94. The van der Waals surface area contributed by atoms with Crippen LogP contribution in [-0.2, 0) is 9.59 Å². The molecule has 0 bridgehead atoms. The van der Waals surface area contributed by atoms with E-state index in [-0.39, 0.29) is 5.91 Å². The lowest BCUT2D eigenvalue weighted by atomic mass is 9.76. The van der Waals surface area contributed by atoms with Gasteiger partial charge in [-0.3, -0.25) is 9.59 Å². The third-order valence-corrected chi connectivity index (χ3v) is 4.38. The van der Waals surface area contributed by atoms with E-state index in [1.165, 1.54) is 0 Å². The minimum atomic E-state index is -0.739. The number of amides is 1. The molecular formula is C17H21NO3. The summed E-state index contributed by atoms with van der Waals surface area (Å²) in [7, 11) is 0. The van der Waals surface area contributed by atoms with Gasteiger partial charge >= 0.3 is 5.97 Å². The van der Waals surface area contributed by atoms with Crippen LogP contribution in [0.25, 0.3) is 6.08 Å². The van der Waals surface area contributed by atoms with Gasteiger partial charge in [0, 0.05) is 19.2 Å². The molecule has 0 atom stereocenters. The number of likely N-dealkylation sites (tertiary alicyclic amines) is 1. The van der Waals surface area contributed by atoms with Crippen LogP contribution in [0.2, 0.25) is 0 Å². The van der Waals surface area contributed by atoms with Gasteiger partial charge in [0.15, 0.2) is 0 Å². The van der Waals surface area contributed by atoms with Crippen molar-refractivity contribution in [1.29, 1.82) is 0 Å². The van der Waals surface area contributed by atoms with Crippen molar-refractivity contribution in [3.63, 3.8) is 0 Å². The Morgan fingerprint density at radius 3 is 2.38 bits per heavy atom. The van der Waals surface area contributed by atoms with E-state index < -0.39 is 11.4 Å². The van der Waals surface area contributed by atoms with Gasteiger partial charge < -0.3 is 10.0 Å². The van der Waals surface area contributed by atoms with E-state index in [0.29, 0.717) is 32.4 Å². The second-order valence-corrected chi connectivity index (χ2v) is 5.51. The Kier molecular flexibility index (Phi) is 4.78. The maximum absolute atomic E-state index is 12.1. The molecule has 1 N–H and O–H groups in total. The number of rotatable bonds is 4. The van der Waals surface area contributed by atoms with Gasteiger partial charge in [-0.05, 0) is 30.9 Å². The Hall–Kier alpha value is -2.10. The first-order valence-electron chi connectivity index (χ1n) is 7.33. The number of carbonyl (C=O) groups is 2. The number of carbonyl (C=O) groups excluding carboxylic acids is 1. The number of nitrogens with zero attached hydrogens (tertiary/aromatic N) is 1. The van der Waals surface area contributed by atoms with Gasteiger partial charge in [0.05, 0.1) is 5.41 Å². The number of carboxylic acids is 1. The van der Waals surface area contributed by atoms with Crippen LogP contribution < -0.4 is 0 Å². The average molecular weight is 287 g/mol. The van der Waals surface area contributed by atoms with Crippen molar-refractivity contribution < 1.29 is 14.7 Å². The molecule has 1 aromatic carbocycles. The number of piperidine rings is 1. The van der Waals surface area contributed by atoms with E-state index in [2.05, 4.69) is 0 Å². The third kappa shape index (κ3) is 3.51. The lowest BCUT2D eigenvalue weighted by molar-refractivity contribution is -0.154. The van der Waals surface area contributed by atoms with Gasteiger partial charge in [-0.25, -0.2) is 0 Å². The van der Waals surface area contributed by atoms with Crippen LogP contribution in [0.15, 0.2) is 36.4 Å². The average Bonchev–Trinajstić information content (AvgIpc) is 2.53. The van der Waals surface area contributed by atoms with Crippen molar-refractivity contribution in [2.24, 2.45) is 5.41 Å². The van der Waals surface area contributed by atoms with Gasteiger partial charge in [-0.15, -0.1) is 0 Å². The molecule has 1 saturated heterocycles. The monoisotopic (exact) mass is 287 g/mol. The van der Waals surface area contributed by atoms with Crippen molar-refractivity contribution in [3.05, 3.63) is 42.0 Å². The van der Waals surface area contributed by atoms with Crippen molar-refractivity contribution >= 4 is 18.0 Å². The second kappa shape index (κ2) is 6.57. The molecule has 112 valence electrons. The second-order valence-electron chi connectivity index (χ2n) is 5.51. The van der Waals surface area contributed by atoms with Crippen molar-refractivity contribution in [2.75, 3.05) is 13.1 Å². The molecule has 1 heterocycles. The summed E-state index contributed by atoms with van der Waals surface area (Å²) in [5.41, 5.74) is 0.330. The molecule has 0 aliphatic carbocycles. The Labute approximate surface area is 125 Å². The molecule has 1 aliphatic rings. The summed E-state index contributed by atoms with van der Waals surface area (Å²) in [5, 5.41) is 9.35. The number of hydrogen-bond acceptors (Lipinski definition) is 2. The topological polar surface area (TPSA) is 57.6 Å². The minimum absolute atomic E-state index is 0.0473. The molecule has 0 aromatic heterocycles. The van der Waals surface area contributed by atoms with Gasteiger partial charge in [-0.2, -0.15) is 0 Å². The molecule has 0 radical (unpaired) electrons. The van der Waals surface area contributed by atoms with Crippen LogP contribution in [0.1, 0.15) is 31.7 Å². The van der Waals surface area contributed by atoms with E-state index in [4.69, 9.17) is 0 Å². The fraction of sp³-hybridized carbons (Fsp3) is 0.412. The summed E-state index contributed by atoms with van der Waals surface area (Å²) in [6.07, 6.45) is 5.04. The van der Waals surface area contributed by atoms with Crippen LogP contribution in [-0.4, -0.2) is 35.0 Å². The summed E-state index contributed by atoms with van der Waals surface area (Å²) in [4.78, 5) is 25.2. The van der Waals surface area contributed by atoms with Crippen LogP contribution in [0.4, 0.5) is 0 Å². The number of hydrogen-bond donors (Lipinski definition) is 1. The zero-order valence-corrected chi connectivity index (χ0v) is 12.3. The third-order valence-electron chi connectivity index (χ3n) is 4.38. The Morgan fingerprint density at radius 2 is 1.86 bits per heavy atom. The molecule has 1 aromatic rings. The molecule has 1 fully saturated rings. The quantitative estimate of drug-likeness (QED) is 0.866. The highest BCUT2D eigenvalue weighted by atomic mass is 16.4. The predicted molar refractivity (Wildman–Crippen MR) is 81.6 cm³/mol. The normalized spacial score (nSPS) is 17.9. The van der Waals surface area contributed by atoms with Crippen LogP contribution in [0.5, 0.6) is 0 Å². The predicted octanol–water partition coefficient (Wildman–Crippen LogP) is 2.80. The smallest absolute Gasteiger partial charge is 0.309 e. The Morgan fingerprint density at radius 1 is 1.24 bits per heavy atom. The van der Waals surface area contributed by atoms with E-state index in [9.17, 15) is 14.7 Å². The van der Waals surface area contributed by atoms with Gasteiger partial charge in [0.1, 0.15) is 0 Å². The number of carboxylic acid groups (broad SMARTS) is 1. The van der Waals surface area contributed by atoms with Crippen molar-refractivity contribution in [1.82, 2.24) is 4.90 Å². The fourth-order valence-corrected chi connectivity index (χ4v) is 2.71. The van der Waals surface area contributed by atoms with Crippen LogP contribution in [0, 0.1) is 5.41 Å². The molecule has 21 heavy (non-hydrogen) atoms. The first kappa shape index (κ1) is 15.3. The van der Waals surface area contributed by atoms with Crippen LogP contribution >= 0.6 is 0 Å². The molecule has 0 unspecified atom stereocenters. The van der Waals surface area contributed by atoms with E-state index in [0.717, 1.165) is 5.56 Å². The lowest BCUT2D eigenvalue weighted by Gasteiger charge is -2.37.